The van der Waals surface area contributed by atoms with Gasteiger partial charge in [-0.2, -0.15) is 5.10 Å². The predicted octanol–water partition coefficient (Wildman–Crippen LogP) is 2.69. The third-order valence-electron chi connectivity index (χ3n) is 4.49. The Morgan fingerprint density at radius 3 is 2.47 bits per heavy atom. The second-order valence-corrected chi connectivity index (χ2v) is 6.45. The molecule has 0 saturated heterocycles. The fourth-order valence-corrected chi connectivity index (χ4v) is 2.93. The summed E-state index contributed by atoms with van der Waals surface area (Å²) in [6.07, 6.45) is 6.89. The molecular weight excluding hydrogens is 382 g/mol. The monoisotopic (exact) mass is 401 g/mol. The standard InChI is InChI=1S/C22H19N5O3/c1-29-18-13-24-22(25-14-18)16-5-3-4-15(10-16)11-19-20(28)8-9-27(26-19)17-6-7-21(30-2)23-12-17/h3-10,12-14H,11H2,1-2H3. The van der Waals surface area contributed by atoms with E-state index in [0.29, 0.717) is 29.6 Å². The maximum atomic E-state index is 12.4. The highest BCUT2D eigenvalue weighted by atomic mass is 16.5. The quantitative estimate of drug-likeness (QED) is 0.490. The van der Waals surface area contributed by atoms with Crippen LogP contribution in [0.5, 0.6) is 11.6 Å². The molecule has 0 radical (unpaired) electrons. The first-order valence-corrected chi connectivity index (χ1v) is 9.21. The summed E-state index contributed by atoms with van der Waals surface area (Å²) in [5.74, 6) is 1.69. The number of ether oxygens (including phenoxy) is 2. The van der Waals surface area contributed by atoms with Gasteiger partial charge in [-0.15, -0.1) is 0 Å². The maximum absolute atomic E-state index is 12.4. The Labute approximate surface area is 172 Å². The molecule has 0 fully saturated rings. The van der Waals surface area contributed by atoms with Crippen molar-refractivity contribution in [3.63, 3.8) is 0 Å². The highest BCUT2D eigenvalue weighted by molar-refractivity contribution is 5.56. The van der Waals surface area contributed by atoms with Crippen LogP contribution in [0.3, 0.4) is 0 Å². The number of pyridine rings is 1. The van der Waals surface area contributed by atoms with Gasteiger partial charge in [-0.05, 0) is 17.7 Å². The third kappa shape index (κ3) is 4.17. The van der Waals surface area contributed by atoms with Gasteiger partial charge in [0.05, 0.1) is 38.5 Å². The lowest BCUT2D eigenvalue weighted by Crippen LogP contribution is -2.16. The van der Waals surface area contributed by atoms with Gasteiger partial charge >= 0.3 is 0 Å². The summed E-state index contributed by atoms with van der Waals surface area (Å²) in [6.45, 7) is 0. The number of aromatic nitrogens is 5. The number of nitrogens with zero attached hydrogens (tertiary/aromatic N) is 5. The van der Waals surface area contributed by atoms with Gasteiger partial charge in [0.1, 0.15) is 5.69 Å². The Morgan fingerprint density at radius 1 is 0.933 bits per heavy atom. The molecule has 8 heteroatoms. The average molecular weight is 401 g/mol. The zero-order valence-electron chi connectivity index (χ0n) is 16.5. The van der Waals surface area contributed by atoms with Gasteiger partial charge < -0.3 is 9.47 Å². The number of hydrogen-bond acceptors (Lipinski definition) is 7. The summed E-state index contributed by atoms with van der Waals surface area (Å²) in [5.41, 5.74) is 2.82. The highest BCUT2D eigenvalue weighted by Gasteiger charge is 2.08. The van der Waals surface area contributed by atoms with E-state index in [1.807, 2.05) is 30.3 Å². The first-order chi connectivity index (χ1) is 14.7. The van der Waals surface area contributed by atoms with Gasteiger partial charge in [0.15, 0.2) is 11.6 Å². The van der Waals surface area contributed by atoms with Crippen LogP contribution >= 0.6 is 0 Å². The van der Waals surface area contributed by atoms with E-state index in [-0.39, 0.29) is 5.43 Å². The Balaban J connectivity index is 1.61. The lowest BCUT2D eigenvalue weighted by atomic mass is 10.1. The molecule has 0 saturated carbocycles. The fourth-order valence-electron chi connectivity index (χ4n) is 2.93. The van der Waals surface area contributed by atoms with Crippen LogP contribution in [-0.4, -0.2) is 39.0 Å². The van der Waals surface area contributed by atoms with Gasteiger partial charge in [-0.1, -0.05) is 18.2 Å². The van der Waals surface area contributed by atoms with Crippen LogP contribution in [0.25, 0.3) is 17.1 Å². The van der Waals surface area contributed by atoms with Crippen LogP contribution in [-0.2, 0) is 6.42 Å². The Bertz CT molecular complexity index is 1200. The Hall–Kier alpha value is -4.07. The van der Waals surface area contributed by atoms with Crippen molar-refractivity contribution < 1.29 is 9.47 Å². The molecular formula is C22H19N5O3. The van der Waals surface area contributed by atoms with Crippen LogP contribution in [0.15, 0.2) is 72.0 Å². The van der Waals surface area contributed by atoms with Crippen LogP contribution in [0, 0.1) is 0 Å². The van der Waals surface area contributed by atoms with Gasteiger partial charge in [0.2, 0.25) is 11.3 Å². The van der Waals surface area contributed by atoms with Crippen LogP contribution in [0.1, 0.15) is 11.3 Å². The van der Waals surface area contributed by atoms with Gasteiger partial charge in [0.25, 0.3) is 0 Å². The SMILES string of the molecule is COc1cnc(-c2cccc(Cc3nn(-c4ccc(OC)nc4)ccc3=O)c2)nc1. The van der Waals surface area contributed by atoms with Crippen molar-refractivity contribution in [1.82, 2.24) is 24.7 Å². The topological polar surface area (TPSA) is 92.0 Å². The first kappa shape index (κ1) is 19.3. The summed E-state index contributed by atoms with van der Waals surface area (Å²) >= 11 is 0. The zero-order chi connectivity index (χ0) is 20.9. The predicted molar refractivity (Wildman–Crippen MR) is 111 cm³/mol. The minimum Gasteiger partial charge on any atom is -0.494 e. The molecule has 0 aliphatic carbocycles. The van der Waals surface area contributed by atoms with Crippen molar-refractivity contribution in [2.45, 2.75) is 6.42 Å². The summed E-state index contributed by atoms with van der Waals surface area (Å²) in [4.78, 5) is 25.2. The van der Waals surface area contributed by atoms with Gasteiger partial charge in [-0.3, -0.25) is 4.79 Å². The number of methoxy groups -OCH3 is 2. The van der Waals surface area contributed by atoms with Crippen LogP contribution in [0.2, 0.25) is 0 Å². The molecule has 0 amide bonds. The van der Waals surface area contributed by atoms with Gasteiger partial charge in [0, 0.05) is 30.3 Å². The van der Waals surface area contributed by atoms with Crippen molar-refractivity contribution in [3.8, 4) is 28.7 Å². The molecule has 0 unspecified atom stereocenters. The smallest absolute Gasteiger partial charge is 0.213 e. The van der Waals surface area contributed by atoms with E-state index >= 15 is 0 Å². The molecule has 0 atom stereocenters. The van der Waals surface area contributed by atoms with Gasteiger partial charge in [-0.25, -0.2) is 19.6 Å². The fraction of sp³-hybridized carbons (Fsp3) is 0.136. The van der Waals surface area contributed by atoms with Crippen molar-refractivity contribution in [3.05, 3.63) is 88.7 Å². The molecule has 4 aromatic rings. The minimum absolute atomic E-state index is 0.126. The molecule has 0 aliphatic heterocycles. The third-order valence-corrected chi connectivity index (χ3v) is 4.49. The van der Waals surface area contributed by atoms with E-state index in [2.05, 4.69) is 20.1 Å². The van der Waals surface area contributed by atoms with Crippen molar-refractivity contribution in [2.24, 2.45) is 0 Å². The molecule has 8 nitrogen and oxygen atoms in total. The molecule has 0 spiro atoms. The zero-order valence-corrected chi connectivity index (χ0v) is 16.5. The maximum Gasteiger partial charge on any atom is 0.213 e. The van der Waals surface area contributed by atoms with Crippen molar-refractivity contribution in [2.75, 3.05) is 14.2 Å². The molecule has 30 heavy (non-hydrogen) atoms. The largest absolute Gasteiger partial charge is 0.494 e. The number of hydrogen-bond donors (Lipinski definition) is 0. The second-order valence-electron chi connectivity index (χ2n) is 6.45. The molecule has 0 aliphatic rings. The molecule has 1 aromatic carbocycles. The number of rotatable bonds is 6. The summed E-state index contributed by atoms with van der Waals surface area (Å²) in [6, 6.07) is 12.8. The van der Waals surface area contributed by atoms with E-state index in [1.54, 1.807) is 49.8 Å². The van der Waals surface area contributed by atoms with E-state index in [4.69, 9.17) is 9.47 Å². The molecule has 4 rings (SSSR count). The second kappa shape index (κ2) is 8.52. The van der Waals surface area contributed by atoms with Crippen LogP contribution < -0.4 is 14.9 Å². The number of benzene rings is 1. The van der Waals surface area contributed by atoms with E-state index in [9.17, 15) is 4.79 Å². The molecule has 0 bridgehead atoms. The van der Waals surface area contributed by atoms with E-state index in [1.165, 1.54) is 6.07 Å². The molecule has 3 heterocycles. The Kier molecular flexibility index (Phi) is 5.47. The van der Waals surface area contributed by atoms with E-state index in [0.717, 1.165) is 16.8 Å². The summed E-state index contributed by atoms with van der Waals surface area (Å²) < 4.78 is 11.8. The first-order valence-electron chi connectivity index (χ1n) is 9.21. The summed E-state index contributed by atoms with van der Waals surface area (Å²) in [5, 5.41) is 4.49. The Morgan fingerprint density at radius 2 is 1.77 bits per heavy atom. The van der Waals surface area contributed by atoms with Crippen LogP contribution in [0.4, 0.5) is 0 Å². The van der Waals surface area contributed by atoms with E-state index < -0.39 is 0 Å². The molecule has 150 valence electrons. The average Bonchev–Trinajstić information content (AvgIpc) is 2.81. The molecule has 3 aromatic heterocycles. The summed E-state index contributed by atoms with van der Waals surface area (Å²) in [7, 11) is 3.13. The lowest BCUT2D eigenvalue weighted by Gasteiger charge is -2.09. The minimum atomic E-state index is -0.126. The van der Waals surface area contributed by atoms with Crippen molar-refractivity contribution in [1.29, 1.82) is 0 Å². The molecule has 0 N–H and O–H groups in total. The van der Waals surface area contributed by atoms with Crippen molar-refractivity contribution >= 4 is 0 Å². The highest BCUT2D eigenvalue weighted by Crippen LogP contribution is 2.19. The lowest BCUT2D eigenvalue weighted by molar-refractivity contribution is 0.397. The normalized spacial score (nSPS) is 10.6.